The van der Waals surface area contributed by atoms with Crippen LogP contribution in [0, 0.1) is 13.8 Å². The molecule has 0 fully saturated rings. The molecule has 1 aromatic carbocycles. The van der Waals surface area contributed by atoms with E-state index in [0.717, 1.165) is 54.8 Å². The second-order valence-corrected chi connectivity index (χ2v) is 6.26. The van der Waals surface area contributed by atoms with Crippen LogP contribution in [0.4, 0.5) is 5.69 Å². The summed E-state index contributed by atoms with van der Waals surface area (Å²) in [5.74, 6) is 0.907. The van der Waals surface area contributed by atoms with Gasteiger partial charge < -0.3 is 10.1 Å². The van der Waals surface area contributed by atoms with Crippen molar-refractivity contribution < 1.29 is 9.53 Å². The van der Waals surface area contributed by atoms with E-state index in [1.165, 1.54) is 0 Å². The number of hydrogen-bond acceptors (Lipinski definition) is 3. The average Bonchev–Trinajstić information content (AvgIpc) is 2.53. The second-order valence-electron chi connectivity index (χ2n) is 6.26. The lowest BCUT2D eigenvalue weighted by molar-refractivity contribution is -0.121. The zero-order valence-corrected chi connectivity index (χ0v) is 15.5. The van der Waals surface area contributed by atoms with E-state index < -0.39 is 0 Å². The Kier molecular flexibility index (Phi) is 8.10. The summed E-state index contributed by atoms with van der Waals surface area (Å²) in [6, 6.07) is 3.84. The minimum Gasteiger partial charge on any atom is -0.497 e. The van der Waals surface area contributed by atoms with Crippen LogP contribution in [0.1, 0.15) is 50.7 Å². The number of likely N-dealkylation sites (N-methyl/N-ethyl adjacent to an activating group) is 1. The Morgan fingerprint density at radius 1 is 1.22 bits per heavy atom. The Labute approximate surface area is 141 Å². The zero-order valence-electron chi connectivity index (χ0n) is 15.5. The van der Waals surface area contributed by atoms with Gasteiger partial charge in [-0.2, -0.15) is 0 Å². The van der Waals surface area contributed by atoms with Crippen molar-refractivity contribution in [1.29, 1.82) is 0 Å². The number of ether oxygens (including phenoxy) is 1. The largest absolute Gasteiger partial charge is 0.497 e. The number of methoxy groups -OCH3 is 1. The molecule has 0 bridgehead atoms. The van der Waals surface area contributed by atoms with E-state index in [0.29, 0.717) is 0 Å². The van der Waals surface area contributed by atoms with Crippen LogP contribution in [0.2, 0.25) is 0 Å². The van der Waals surface area contributed by atoms with Crippen molar-refractivity contribution in [3.8, 4) is 5.75 Å². The zero-order chi connectivity index (χ0) is 17.4. The van der Waals surface area contributed by atoms with Gasteiger partial charge >= 0.3 is 0 Å². The Morgan fingerprint density at radius 3 is 2.30 bits per heavy atom. The van der Waals surface area contributed by atoms with Crippen molar-refractivity contribution in [1.82, 2.24) is 4.90 Å². The molecule has 0 saturated heterocycles. The van der Waals surface area contributed by atoms with Crippen LogP contribution in [-0.2, 0) is 4.79 Å². The first-order valence-corrected chi connectivity index (χ1v) is 8.60. The molecule has 1 N–H and O–H groups in total. The molecule has 0 radical (unpaired) electrons. The summed E-state index contributed by atoms with van der Waals surface area (Å²) in [5, 5.41) is 3.14. The van der Waals surface area contributed by atoms with E-state index in [9.17, 15) is 4.79 Å². The highest BCUT2D eigenvalue weighted by molar-refractivity contribution is 5.96. The number of unbranched alkanes of at least 4 members (excludes halogenated alkanes) is 1. The molecule has 1 amide bonds. The molecule has 0 aliphatic carbocycles. The van der Waals surface area contributed by atoms with Gasteiger partial charge in [0.1, 0.15) is 5.75 Å². The van der Waals surface area contributed by atoms with E-state index >= 15 is 0 Å². The van der Waals surface area contributed by atoms with Crippen molar-refractivity contribution >= 4 is 11.6 Å². The van der Waals surface area contributed by atoms with Crippen molar-refractivity contribution in [2.45, 2.75) is 59.4 Å². The molecule has 0 spiro atoms. The van der Waals surface area contributed by atoms with Gasteiger partial charge in [-0.1, -0.05) is 26.7 Å². The fraction of sp³-hybridized carbons (Fsp3) is 0.632. The third kappa shape index (κ3) is 5.54. The molecular weight excluding hydrogens is 288 g/mol. The van der Waals surface area contributed by atoms with Crippen LogP contribution < -0.4 is 10.1 Å². The number of nitrogens with zero attached hydrogens (tertiary/aromatic N) is 1. The SMILES string of the molecule is CCCCN(C)C(CCC)C(=O)Nc1c(C)cc(OC)cc1C. The second kappa shape index (κ2) is 9.56. The van der Waals surface area contributed by atoms with Crippen molar-refractivity contribution in [3.05, 3.63) is 23.3 Å². The monoisotopic (exact) mass is 320 g/mol. The molecular formula is C19H32N2O2. The fourth-order valence-electron chi connectivity index (χ4n) is 2.83. The number of anilines is 1. The maximum absolute atomic E-state index is 12.8. The standard InChI is InChI=1S/C19H32N2O2/c1-7-9-11-21(5)17(10-8-2)19(22)20-18-14(3)12-16(23-6)13-15(18)4/h12-13,17H,7-11H2,1-6H3,(H,20,22). The molecule has 1 unspecified atom stereocenters. The minimum absolute atomic E-state index is 0.0764. The highest BCUT2D eigenvalue weighted by Gasteiger charge is 2.23. The predicted octanol–water partition coefficient (Wildman–Crippen LogP) is 4.15. The number of rotatable bonds is 9. The molecule has 0 aromatic heterocycles. The molecule has 130 valence electrons. The number of nitrogens with one attached hydrogen (secondary N) is 1. The van der Waals surface area contributed by atoms with Crippen LogP contribution in [0.5, 0.6) is 5.75 Å². The first kappa shape index (κ1) is 19.5. The molecule has 4 heteroatoms. The van der Waals surface area contributed by atoms with E-state index in [2.05, 4.69) is 24.1 Å². The van der Waals surface area contributed by atoms with Crippen LogP contribution >= 0.6 is 0 Å². The van der Waals surface area contributed by atoms with Crippen molar-refractivity contribution in [2.24, 2.45) is 0 Å². The van der Waals surface area contributed by atoms with Crippen LogP contribution in [-0.4, -0.2) is 37.6 Å². The molecule has 1 rings (SSSR count). The summed E-state index contributed by atoms with van der Waals surface area (Å²) in [7, 11) is 3.70. The molecule has 0 saturated carbocycles. The van der Waals surface area contributed by atoms with E-state index in [1.54, 1.807) is 7.11 Å². The van der Waals surface area contributed by atoms with Gasteiger partial charge in [-0.15, -0.1) is 0 Å². The first-order chi connectivity index (χ1) is 10.9. The summed E-state index contributed by atoms with van der Waals surface area (Å²) in [4.78, 5) is 15.0. The first-order valence-electron chi connectivity index (χ1n) is 8.60. The quantitative estimate of drug-likeness (QED) is 0.743. The third-order valence-corrected chi connectivity index (χ3v) is 4.25. The van der Waals surface area contributed by atoms with Crippen molar-refractivity contribution in [2.75, 3.05) is 26.0 Å². The van der Waals surface area contributed by atoms with Crippen LogP contribution in [0.3, 0.4) is 0 Å². The minimum atomic E-state index is -0.0764. The van der Waals surface area contributed by atoms with Gasteiger partial charge in [0.25, 0.3) is 0 Å². The van der Waals surface area contributed by atoms with Gasteiger partial charge in [-0.05, 0) is 63.5 Å². The number of amides is 1. The van der Waals surface area contributed by atoms with Gasteiger partial charge in [0.2, 0.25) is 5.91 Å². The van der Waals surface area contributed by atoms with Gasteiger partial charge in [0, 0.05) is 5.69 Å². The highest BCUT2D eigenvalue weighted by atomic mass is 16.5. The molecule has 1 aromatic rings. The normalized spacial score (nSPS) is 12.3. The van der Waals surface area contributed by atoms with Crippen LogP contribution in [0.15, 0.2) is 12.1 Å². The summed E-state index contributed by atoms with van der Waals surface area (Å²) < 4.78 is 5.28. The van der Waals surface area contributed by atoms with Crippen molar-refractivity contribution in [3.63, 3.8) is 0 Å². The van der Waals surface area contributed by atoms with Crippen LogP contribution in [0.25, 0.3) is 0 Å². The summed E-state index contributed by atoms with van der Waals surface area (Å²) in [6.07, 6.45) is 4.13. The average molecular weight is 320 g/mol. The van der Waals surface area contributed by atoms with Gasteiger partial charge in [0.05, 0.1) is 13.2 Å². The maximum Gasteiger partial charge on any atom is 0.241 e. The fourth-order valence-corrected chi connectivity index (χ4v) is 2.83. The van der Waals surface area contributed by atoms with E-state index in [1.807, 2.05) is 33.0 Å². The Hall–Kier alpha value is -1.55. The Balaban J connectivity index is 2.90. The number of hydrogen-bond donors (Lipinski definition) is 1. The number of carbonyl (C=O) groups is 1. The summed E-state index contributed by atoms with van der Waals surface area (Å²) in [6.45, 7) is 9.25. The van der Waals surface area contributed by atoms with Gasteiger partial charge in [0.15, 0.2) is 0 Å². The lowest BCUT2D eigenvalue weighted by Gasteiger charge is -2.27. The molecule has 0 aliphatic heterocycles. The lowest BCUT2D eigenvalue weighted by atomic mass is 10.1. The number of carbonyl (C=O) groups excluding carboxylic acids is 1. The predicted molar refractivity (Wildman–Crippen MR) is 97.3 cm³/mol. The Bertz CT molecular complexity index is 491. The van der Waals surface area contributed by atoms with Gasteiger partial charge in [-0.25, -0.2) is 0 Å². The van der Waals surface area contributed by atoms with Gasteiger partial charge in [-0.3, -0.25) is 9.69 Å². The molecule has 0 aliphatic rings. The molecule has 1 atom stereocenters. The highest BCUT2D eigenvalue weighted by Crippen LogP contribution is 2.26. The molecule has 23 heavy (non-hydrogen) atoms. The number of benzene rings is 1. The summed E-state index contributed by atoms with van der Waals surface area (Å²) in [5.41, 5.74) is 2.96. The maximum atomic E-state index is 12.8. The molecule has 4 nitrogen and oxygen atoms in total. The summed E-state index contributed by atoms with van der Waals surface area (Å²) >= 11 is 0. The van der Waals surface area contributed by atoms with E-state index in [4.69, 9.17) is 4.74 Å². The smallest absolute Gasteiger partial charge is 0.241 e. The lowest BCUT2D eigenvalue weighted by Crippen LogP contribution is -2.42. The van der Waals surface area contributed by atoms with E-state index in [-0.39, 0.29) is 11.9 Å². The topological polar surface area (TPSA) is 41.6 Å². The third-order valence-electron chi connectivity index (χ3n) is 4.25. The molecule has 0 heterocycles. The Morgan fingerprint density at radius 2 is 1.83 bits per heavy atom. The number of aryl methyl sites for hydroxylation is 2.